The third kappa shape index (κ3) is 4.09. The van der Waals surface area contributed by atoms with Crippen LogP contribution < -0.4 is 15.4 Å². The summed E-state index contributed by atoms with van der Waals surface area (Å²) in [5.74, 6) is 0.635. The lowest BCUT2D eigenvalue weighted by atomic mass is 10.1. The number of ether oxygens (including phenoxy) is 1. The second-order valence-electron chi connectivity index (χ2n) is 4.75. The van der Waals surface area contributed by atoms with Crippen molar-refractivity contribution in [3.05, 3.63) is 52.5 Å². The average molecular weight is 321 g/mol. The summed E-state index contributed by atoms with van der Waals surface area (Å²) in [6.07, 6.45) is 0. The van der Waals surface area contributed by atoms with Crippen molar-refractivity contribution in [3.63, 3.8) is 0 Å². The Bertz CT molecular complexity index is 673. The summed E-state index contributed by atoms with van der Waals surface area (Å²) in [7, 11) is 1.58. The van der Waals surface area contributed by atoms with E-state index in [0.717, 1.165) is 16.9 Å². The Hall–Kier alpha value is -1.78. The van der Waals surface area contributed by atoms with Gasteiger partial charge < -0.3 is 15.4 Å². The van der Waals surface area contributed by atoms with Crippen LogP contribution in [-0.4, -0.2) is 12.2 Å². The van der Waals surface area contributed by atoms with Crippen molar-refractivity contribution in [1.29, 1.82) is 0 Å². The van der Waals surface area contributed by atoms with Gasteiger partial charge >= 0.3 is 0 Å². The monoisotopic (exact) mass is 320 g/mol. The van der Waals surface area contributed by atoms with Crippen LogP contribution in [0.1, 0.15) is 11.1 Å². The highest BCUT2D eigenvalue weighted by Gasteiger charge is 2.05. The Morgan fingerprint density at radius 3 is 2.48 bits per heavy atom. The van der Waals surface area contributed by atoms with Crippen LogP contribution in [0.4, 0.5) is 11.4 Å². The number of aryl methyl sites for hydroxylation is 2. The van der Waals surface area contributed by atoms with Crippen molar-refractivity contribution in [2.75, 3.05) is 17.7 Å². The van der Waals surface area contributed by atoms with Crippen molar-refractivity contribution in [1.82, 2.24) is 0 Å². The van der Waals surface area contributed by atoms with Crippen molar-refractivity contribution < 1.29 is 4.74 Å². The highest BCUT2D eigenvalue weighted by molar-refractivity contribution is 7.80. The average Bonchev–Trinajstić information content (AvgIpc) is 2.42. The molecule has 0 aliphatic heterocycles. The van der Waals surface area contributed by atoms with Crippen molar-refractivity contribution >= 4 is 40.3 Å². The molecule has 5 heteroatoms. The van der Waals surface area contributed by atoms with Crippen molar-refractivity contribution in [2.24, 2.45) is 0 Å². The first-order valence-electron chi connectivity index (χ1n) is 6.48. The van der Waals surface area contributed by atoms with E-state index >= 15 is 0 Å². The zero-order valence-electron chi connectivity index (χ0n) is 12.2. The molecule has 0 saturated carbocycles. The normalized spacial score (nSPS) is 10.1. The van der Waals surface area contributed by atoms with Gasteiger partial charge in [-0.25, -0.2) is 0 Å². The maximum absolute atomic E-state index is 6.09. The van der Waals surface area contributed by atoms with Crippen LogP contribution >= 0.6 is 23.8 Å². The number of hydrogen-bond acceptors (Lipinski definition) is 2. The molecule has 2 N–H and O–H groups in total. The van der Waals surface area contributed by atoms with Crippen LogP contribution in [0.3, 0.4) is 0 Å². The predicted molar refractivity (Wildman–Crippen MR) is 93.8 cm³/mol. The Balaban J connectivity index is 2.06. The summed E-state index contributed by atoms with van der Waals surface area (Å²) >= 11 is 11.4. The van der Waals surface area contributed by atoms with E-state index < -0.39 is 0 Å². The van der Waals surface area contributed by atoms with Crippen LogP contribution in [-0.2, 0) is 0 Å². The molecule has 0 aromatic heterocycles. The van der Waals surface area contributed by atoms with E-state index in [2.05, 4.69) is 23.6 Å². The van der Waals surface area contributed by atoms with Crippen LogP contribution in [0.15, 0.2) is 36.4 Å². The van der Waals surface area contributed by atoms with Gasteiger partial charge in [0.2, 0.25) is 0 Å². The fraction of sp³-hybridized carbons (Fsp3) is 0.188. The van der Waals surface area contributed by atoms with E-state index in [-0.39, 0.29) is 0 Å². The van der Waals surface area contributed by atoms with E-state index in [0.29, 0.717) is 15.9 Å². The third-order valence-electron chi connectivity index (χ3n) is 3.04. The van der Waals surface area contributed by atoms with Gasteiger partial charge in [-0.3, -0.25) is 0 Å². The van der Waals surface area contributed by atoms with Gasteiger partial charge in [0.25, 0.3) is 0 Å². The molecular weight excluding hydrogens is 304 g/mol. The highest BCUT2D eigenvalue weighted by atomic mass is 35.5. The van der Waals surface area contributed by atoms with Gasteiger partial charge in [-0.15, -0.1) is 0 Å². The Kier molecular flexibility index (Phi) is 5.04. The fourth-order valence-electron chi connectivity index (χ4n) is 1.98. The zero-order chi connectivity index (χ0) is 15.4. The van der Waals surface area contributed by atoms with Crippen LogP contribution in [0.25, 0.3) is 0 Å². The van der Waals surface area contributed by atoms with Gasteiger partial charge in [0, 0.05) is 11.4 Å². The first-order valence-corrected chi connectivity index (χ1v) is 7.27. The standard InChI is InChI=1S/C16H17ClN2OS/c1-10-4-6-14(11(2)8-10)19-16(21)18-12-5-7-15(20-3)13(17)9-12/h4-9H,1-3H3,(H2,18,19,21). The zero-order valence-corrected chi connectivity index (χ0v) is 13.7. The van der Waals surface area contributed by atoms with Gasteiger partial charge in [-0.2, -0.15) is 0 Å². The van der Waals surface area contributed by atoms with Gasteiger partial charge in [0.05, 0.1) is 12.1 Å². The quantitative estimate of drug-likeness (QED) is 0.798. The number of thiocarbonyl (C=S) groups is 1. The summed E-state index contributed by atoms with van der Waals surface area (Å²) in [5.41, 5.74) is 4.16. The number of anilines is 2. The predicted octanol–water partition coefficient (Wildman–Crippen LogP) is 4.77. The minimum Gasteiger partial charge on any atom is -0.495 e. The molecule has 110 valence electrons. The molecule has 0 unspecified atom stereocenters. The van der Waals surface area contributed by atoms with Gasteiger partial charge in [0.1, 0.15) is 5.75 Å². The van der Waals surface area contributed by atoms with E-state index in [1.807, 2.05) is 25.1 Å². The van der Waals surface area contributed by atoms with E-state index in [1.54, 1.807) is 19.2 Å². The molecule has 0 bridgehead atoms. The molecule has 2 rings (SSSR count). The molecule has 0 aliphatic carbocycles. The first-order chi connectivity index (χ1) is 9.99. The fourth-order valence-corrected chi connectivity index (χ4v) is 2.47. The van der Waals surface area contributed by atoms with Gasteiger partial charge in [0.15, 0.2) is 5.11 Å². The third-order valence-corrected chi connectivity index (χ3v) is 3.54. The minimum atomic E-state index is 0.517. The van der Waals surface area contributed by atoms with Crippen LogP contribution in [0.2, 0.25) is 5.02 Å². The maximum Gasteiger partial charge on any atom is 0.175 e. The lowest BCUT2D eigenvalue weighted by Crippen LogP contribution is -2.19. The smallest absolute Gasteiger partial charge is 0.175 e. The largest absolute Gasteiger partial charge is 0.495 e. The van der Waals surface area contributed by atoms with Gasteiger partial charge in [-0.1, -0.05) is 29.3 Å². The molecule has 0 spiro atoms. The molecule has 2 aromatic carbocycles. The van der Waals surface area contributed by atoms with E-state index in [4.69, 9.17) is 28.6 Å². The Morgan fingerprint density at radius 1 is 1.10 bits per heavy atom. The molecule has 21 heavy (non-hydrogen) atoms. The van der Waals surface area contributed by atoms with E-state index in [9.17, 15) is 0 Å². The highest BCUT2D eigenvalue weighted by Crippen LogP contribution is 2.27. The molecule has 2 aromatic rings. The number of halogens is 1. The minimum absolute atomic E-state index is 0.517. The number of methoxy groups -OCH3 is 1. The molecule has 0 aliphatic rings. The number of rotatable bonds is 3. The van der Waals surface area contributed by atoms with Crippen LogP contribution in [0, 0.1) is 13.8 Å². The topological polar surface area (TPSA) is 33.3 Å². The van der Waals surface area contributed by atoms with Gasteiger partial charge in [-0.05, 0) is 55.9 Å². The molecule has 0 amide bonds. The SMILES string of the molecule is COc1ccc(NC(=S)Nc2ccc(C)cc2C)cc1Cl. The summed E-state index contributed by atoms with van der Waals surface area (Å²) in [4.78, 5) is 0. The second-order valence-corrected chi connectivity index (χ2v) is 5.56. The van der Waals surface area contributed by atoms with E-state index in [1.165, 1.54) is 5.56 Å². The molecule has 3 nitrogen and oxygen atoms in total. The maximum atomic E-state index is 6.09. The first kappa shape index (κ1) is 15.6. The second kappa shape index (κ2) is 6.78. The molecule has 0 heterocycles. The Morgan fingerprint density at radius 2 is 1.86 bits per heavy atom. The Labute approximate surface area is 135 Å². The molecule has 0 radical (unpaired) electrons. The summed E-state index contributed by atoms with van der Waals surface area (Å²) in [5, 5.41) is 7.34. The molecule has 0 saturated heterocycles. The number of benzene rings is 2. The summed E-state index contributed by atoms with van der Waals surface area (Å²) in [6.45, 7) is 4.11. The lowest BCUT2D eigenvalue weighted by molar-refractivity contribution is 0.415. The molecule has 0 atom stereocenters. The summed E-state index contributed by atoms with van der Waals surface area (Å²) < 4.78 is 5.12. The number of nitrogens with one attached hydrogen (secondary N) is 2. The van der Waals surface area contributed by atoms with Crippen molar-refractivity contribution in [2.45, 2.75) is 13.8 Å². The van der Waals surface area contributed by atoms with Crippen LogP contribution in [0.5, 0.6) is 5.75 Å². The lowest BCUT2D eigenvalue weighted by Gasteiger charge is -2.13. The molecule has 0 fully saturated rings. The summed E-state index contributed by atoms with van der Waals surface area (Å²) in [6, 6.07) is 11.6. The van der Waals surface area contributed by atoms with Crippen molar-refractivity contribution in [3.8, 4) is 5.75 Å². The number of hydrogen-bond donors (Lipinski definition) is 2. The molecular formula is C16H17ClN2OS.